The van der Waals surface area contributed by atoms with Gasteiger partial charge in [-0.2, -0.15) is 4.98 Å². The van der Waals surface area contributed by atoms with E-state index in [1.807, 2.05) is 0 Å². The van der Waals surface area contributed by atoms with E-state index < -0.39 is 0 Å². The van der Waals surface area contributed by atoms with Crippen molar-refractivity contribution < 1.29 is 4.42 Å². The molecule has 0 fully saturated rings. The molecule has 4 nitrogen and oxygen atoms in total. The highest BCUT2D eigenvalue weighted by molar-refractivity contribution is 5.28. The van der Waals surface area contributed by atoms with E-state index in [4.69, 9.17) is 4.42 Å². The minimum atomic E-state index is 0.417. The number of nitrogens with zero attached hydrogens (tertiary/aromatic N) is 2. The molecular formula is C14H27N3O. The van der Waals surface area contributed by atoms with E-state index in [9.17, 15) is 0 Å². The van der Waals surface area contributed by atoms with Crippen molar-refractivity contribution in [1.29, 1.82) is 0 Å². The van der Waals surface area contributed by atoms with Gasteiger partial charge in [0, 0.05) is 19.1 Å². The molecule has 1 rings (SSSR count). The summed E-state index contributed by atoms with van der Waals surface area (Å²) < 4.78 is 5.57. The van der Waals surface area contributed by atoms with Gasteiger partial charge in [-0.15, -0.1) is 0 Å². The average Bonchev–Trinajstić information content (AvgIpc) is 2.73. The van der Waals surface area contributed by atoms with Crippen molar-refractivity contribution in [2.75, 3.05) is 18.0 Å². The molecular weight excluding hydrogens is 226 g/mol. The molecule has 0 amide bonds. The monoisotopic (exact) mass is 253 g/mol. The molecule has 0 unspecified atom stereocenters. The van der Waals surface area contributed by atoms with Crippen molar-refractivity contribution in [3.63, 3.8) is 0 Å². The highest BCUT2D eigenvalue weighted by atomic mass is 16.4. The topological polar surface area (TPSA) is 41.3 Å². The van der Waals surface area contributed by atoms with Crippen LogP contribution in [0.5, 0.6) is 0 Å². The zero-order valence-electron chi connectivity index (χ0n) is 12.4. The molecule has 0 aliphatic rings. The molecule has 0 aromatic carbocycles. The number of rotatable bonds is 8. The van der Waals surface area contributed by atoms with Crippen LogP contribution in [0.2, 0.25) is 0 Å². The van der Waals surface area contributed by atoms with Crippen LogP contribution in [0, 0.1) is 5.92 Å². The maximum Gasteiger partial charge on any atom is 0.297 e. The summed E-state index contributed by atoms with van der Waals surface area (Å²) in [5, 5.41) is 3.37. The Bertz CT molecular complexity index is 334. The average molecular weight is 253 g/mol. The molecule has 0 aliphatic carbocycles. The number of nitrogens with one attached hydrogen (secondary N) is 1. The Morgan fingerprint density at radius 1 is 1.33 bits per heavy atom. The zero-order chi connectivity index (χ0) is 13.5. The fourth-order valence-corrected chi connectivity index (χ4v) is 1.81. The molecule has 0 saturated carbocycles. The van der Waals surface area contributed by atoms with Crippen LogP contribution >= 0.6 is 0 Å². The van der Waals surface area contributed by atoms with E-state index in [1.54, 1.807) is 6.26 Å². The summed E-state index contributed by atoms with van der Waals surface area (Å²) in [6, 6.07) is 1.16. The number of oxazole rings is 1. The van der Waals surface area contributed by atoms with Gasteiger partial charge in [0.25, 0.3) is 6.01 Å². The van der Waals surface area contributed by atoms with Crippen molar-refractivity contribution in [3.05, 3.63) is 12.0 Å². The first-order valence-corrected chi connectivity index (χ1v) is 6.96. The molecule has 1 heterocycles. The summed E-state index contributed by atoms with van der Waals surface area (Å²) >= 11 is 0. The number of hydrogen-bond acceptors (Lipinski definition) is 4. The maximum absolute atomic E-state index is 5.57. The number of anilines is 1. The molecule has 0 bridgehead atoms. The largest absolute Gasteiger partial charge is 0.432 e. The number of hydrogen-bond donors (Lipinski definition) is 1. The van der Waals surface area contributed by atoms with Gasteiger partial charge in [0.15, 0.2) is 0 Å². The van der Waals surface area contributed by atoms with Crippen LogP contribution in [-0.2, 0) is 6.54 Å². The first kappa shape index (κ1) is 15.0. The van der Waals surface area contributed by atoms with Crippen molar-refractivity contribution in [2.45, 2.75) is 53.6 Å². The first-order chi connectivity index (χ1) is 8.54. The lowest BCUT2D eigenvalue weighted by molar-refractivity contribution is 0.508. The van der Waals surface area contributed by atoms with E-state index >= 15 is 0 Å². The third-order valence-corrected chi connectivity index (χ3v) is 2.73. The van der Waals surface area contributed by atoms with Gasteiger partial charge in [-0.25, -0.2) is 0 Å². The standard InChI is InChI=1S/C14H27N3O/c1-6-7-17(12(4)5)14-16-13(10-18-14)9-15-8-11(2)3/h10-12,15H,6-9H2,1-5H3. The molecule has 0 aliphatic heterocycles. The lowest BCUT2D eigenvalue weighted by Crippen LogP contribution is -2.31. The Balaban J connectivity index is 2.55. The summed E-state index contributed by atoms with van der Waals surface area (Å²) in [6.07, 6.45) is 2.86. The summed E-state index contributed by atoms with van der Waals surface area (Å²) in [7, 11) is 0. The van der Waals surface area contributed by atoms with Gasteiger partial charge in [0.1, 0.15) is 6.26 Å². The van der Waals surface area contributed by atoms with E-state index in [-0.39, 0.29) is 0 Å². The summed E-state index contributed by atoms with van der Waals surface area (Å²) in [5.41, 5.74) is 0.979. The van der Waals surface area contributed by atoms with Gasteiger partial charge in [-0.05, 0) is 32.7 Å². The van der Waals surface area contributed by atoms with Crippen LogP contribution in [0.4, 0.5) is 6.01 Å². The fourth-order valence-electron chi connectivity index (χ4n) is 1.81. The Morgan fingerprint density at radius 3 is 2.61 bits per heavy atom. The first-order valence-electron chi connectivity index (χ1n) is 6.96. The maximum atomic E-state index is 5.57. The van der Waals surface area contributed by atoms with Gasteiger partial charge < -0.3 is 14.6 Å². The van der Waals surface area contributed by atoms with Gasteiger partial charge in [-0.3, -0.25) is 0 Å². The highest BCUT2D eigenvalue weighted by Gasteiger charge is 2.15. The molecule has 0 spiro atoms. The Hall–Kier alpha value is -1.03. The highest BCUT2D eigenvalue weighted by Crippen LogP contribution is 2.16. The summed E-state index contributed by atoms with van der Waals surface area (Å²) in [6.45, 7) is 13.7. The van der Waals surface area contributed by atoms with Crippen LogP contribution in [0.15, 0.2) is 10.7 Å². The second-order valence-corrected chi connectivity index (χ2v) is 5.43. The van der Waals surface area contributed by atoms with Gasteiger partial charge in [-0.1, -0.05) is 20.8 Å². The normalized spacial score (nSPS) is 11.5. The minimum Gasteiger partial charge on any atom is -0.432 e. The van der Waals surface area contributed by atoms with Gasteiger partial charge in [0.2, 0.25) is 0 Å². The second kappa shape index (κ2) is 7.41. The molecule has 4 heteroatoms. The fraction of sp³-hybridized carbons (Fsp3) is 0.786. The molecule has 1 aromatic heterocycles. The third kappa shape index (κ3) is 4.69. The van der Waals surface area contributed by atoms with Crippen LogP contribution in [0.25, 0.3) is 0 Å². The third-order valence-electron chi connectivity index (χ3n) is 2.73. The predicted octanol–water partition coefficient (Wildman–Crippen LogP) is 3.05. The van der Waals surface area contributed by atoms with E-state index in [0.29, 0.717) is 12.0 Å². The van der Waals surface area contributed by atoms with Crippen LogP contribution < -0.4 is 10.2 Å². The van der Waals surface area contributed by atoms with Crippen LogP contribution in [0.3, 0.4) is 0 Å². The zero-order valence-corrected chi connectivity index (χ0v) is 12.4. The van der Waals surface area contributed by atoms with Gasteiger partial charge in [0.05, 0.1) is 5.69 Å². The molecule has 18 heavy (non-hydrogen) atoms. The van der Waals surface area contributed by atoms with Crippen LogP contribution in [-0.4, -0.2) is 24.1 Å². The second-order valence-electron chi connectivity index (χ2n) is 5.43. The smallest absolute Gasteiger partial charge is 0.297 e. The molecule has 0 radical (unpaired) electrons. The van der Waals surface area contributed by atoms with Gasteiger partial charge >= 0.3 is 0 Å². The summed E-state index contributed by atoms with van der Waals surface area (Å²) in [5.74, 6) is 0.656. The summed E-state index contributed by atoms with van der Waals surface area (Å²) in [4.78, 5) is 6.74. The molecule has 1 aromatic rings. The van der Waals surface area contributed by atoms with E-state index in [2.05, 4.69) is 49.8 Å². The van der Waals surface area contributed by atoms with Crippen molar-refractivity contribution >= 4 is 6.01 Å². The molecule has 0 saturated heterocycles. The lowest BCUT2D eigenvalue weighted by Gasteiger charge is -2.23. The Morgan fingerprint density at radius 2 is 2.06 bits per heavy atom. The van der Waals surface area contributed by atoms with Crippen LogP contribution in [0.1, 0.15) is 46.7 Å². The van der Waals surface area contributed by atoms with E-state index in [0.717, 1.165) is 37.8 Å². The van der Waals surface area contributed by atoms with Crippen molar-refractivity contribution in [1.82, 2.24) is 10.3 Å². The molecule has 104 valence electrons. The lowest BCUT2D eigenvalue weighted by atomic mass is 10.2. The van der Waals surface area contributed by atoms with E-state index in [1.165, 1.54) is 0 Å². The molecule has 1 N–H and O–H groups in total. The number of aromatic nitrogens is 1. The quantitative estimate of drug-likeness (QED) is 0.773. The Kier molecular flexibility index (Phi) is 6.19. The Labute approximate surface area is 111 Å². The minimum absolute atomic E-state index is 0.417. The SMILES string of the molecule is CCCN(c1nc(CNCC(C)C)co1)C(C)C. The van der Waals surface area contributed by atoms with Crippen molar-refractivity contribution in [2.24, 2.45) is 5.92 Å². The predicted molar refractivity (Wildman–Crippen MR) is 75.8 cm³/mol. The molecule has 0 atom stereocenters. The van der Waals surface area contributed by atoms with Crippen molar-refractivity contribution in [3.8, 4) is 0 Å².